The predicted octanol–water partition coefficient (Wildman–Crippen LogP) is 1.50. The molecule has 2 aromatic rings. The molecule has 0 saturated carbocycles. The van der Waals surface area contributed by atoms with Crippen molar-refractivity contribution in [1.82, 2.24) is 14.8 Å². The van der Waals surface area contributed by atoms with E-state index < -0.39 is 0 Å². The predicted molar refractivity (Wildman–Crippen MR) is 65.7 cm³/mol. The maximum Gasteiger partial charge on any atom is 0.231 e. The van der Waals surface area contributed by atoms with E-state index in [-0.39, 0.29) is 6.79 Å². The van der Waals surface area contributed by atoms with Gasteiger partial charge in [-0.3, -0.25) is 0 Å². The Bertz CT molecular complexity index is 605. The third kappa shape index (κ3) is 1.76. The van der Waals surface area contributed by atoms with Crippen molar-refractivity contribution in [1.29, 1.82) is 0 Å². The Balaban J connectivity index is 1.74. The molecule has 1 aromatic heterocycles. The van der Waals surface area contributed by atoms with Crippen LogP contribution in [0.15, 0.2) is 24.5 Å². The lowest BCUT2D eigenvalue weighted by Gasteiger charge is -2.10. The number of aromatic nitrogens is 3. The first-order valence-corrected chi connectivity index (χ1v) is 6.29. The van der Waals surface area contributed by atoms with E-state index in [4.69, 9.17) is 14.2 Å². The highest BCUT2D eigenvalue weighted by Gasteiger charge is 2.24. The van der Waals surface area contributed by atoms with Crippen LogP contribution in [0.2, 0.25) is 0 Å². The Morgan fingerprint density at radius 1 is 1.21 bits per heavy atom. The SMILES string of the molecule is c1nc(C2CCOC2)n(-c2ccc3c(c2)OCO3)n1. The Morgan fingerprint density at radius 2 is 2.16 bits per heavy atom. The average molecular weight is 259 g/mol. The van der Waals surface area contributed by atoms with E-state index in [0.717, 1.165) is 36.0 Å². The molecule has 1 saturated heterocycles. The molecule has 3 heterocycles. The molecule has 0 N–H and O–H groups in total. The highest BCUT2D eigenvalue weighted by molar-refractivity contribution is 5.50. The van der Waals surface area contributed by atoms with Crippen LogP contribution in [0, 0.1) is 0 Å². The lowest BCUT2D eigenvalue weighted by atomic mass is 10.1. The van der Waals surface area contributed by atoms with Gasteiger partial charge in [-0.2, -0.15) is 5.10 Å². The van der Waals surface area contributed by atoms with Crippen molar-refractivity contribution in [3.8, 4) is 17.2 Å². The van der Waals surface area contributed by atoms with E-state index in [1.165, 1.54) is 0 Å². The molecular weight excluding hydrogens is 246 g/mol. The van der Waals surface area contributed by atoms with Crippen molar-refractivity contribution in [3.05, 3.63) is 30.4 Å². The van der Waals surface area contributed by atoms with Gasteiger partial charge in [-0.1, -0.05) is 0 Å². The summed E-state index contributed by atoms with van der Waals surface area (Å²) in [5, 5.41) is 4.31. The fourth-order valence-corrected chi connectivity index (χ4v) is 2.48. The molecule has 0 radical (unpaired) electrons. The molecular formula is C13H13N3O3. The van der Waals surface area contributed by atoms with E-state index in [1.807, 2.05) is 22.9 Å². The second kappa shape index (κ2) is 4.24. The highest BCUT2D eigenvalue weighted by Crippen LogP contribution is 2.34. The molecule has 6 heteroatoms. The first-order chi connectivity index (χ1) is 9.42. The standard InChI is InChI=1S/C13H13N3O3/c1-2-11-12(19-8-18-11)5-10(1)16-13(14-7-15-16)9-3-4-17-6-9/h1-2,5,7,9H,3-4,6,8H2. The maximum atomic E-state index is 5.42. The number of fused-ring (bicyclic) bond motifs is 1. The molecule has 1 aromatic carbocycles. The Labute approximate surface area is 109 Å². The zero-order valence-electron chi connectivity index (χ0n) is 10.3. The van der Waals surface area contributed by atoms with Gasteiger partial charge in [0, 0.05) is 18.6 Å². The van der Waals surface area contributed by atoms with Gasteiger partial charge in [0.05, 0.1) is 12.3 Å². The summed E-state index contributed by atoms with van der Waals surface area (Å²) in [6, 6.07) is 5.78. The summed E-state index contributed by atoms with van der Waals surface area (Å²) >= 11 is 0. The topological polar surface area (TPSA) is 58.4 Å². The van der Waals surface area contributed by atoms with Crippen molar-refractivity contribution in [2.45, 2.75) is 12.3 Å². The number of ether oxygens (including phenoxy) is 3. The minimum atomic E-state index is 0.277. The van der Waals surface area contributed by atoms with Crippen LogP contribution in [0.5, 0.6) is 11.5 Å². The first kappa shape index (κ1) is 10.8. The molecule has 0 spiro atoms. The van der Waals surface area contributed by atoms with Crippen molar-refractivity contribution in [3.63, 3.8) is 0 Å². The smallest absolute Gasteiger partial charge is 0.231 e. The van der Waals surface area contributed by atoms with E-state index in [1.54, 1.807) is 6.33 Å². The minimum Gasteiger partial charge on any atom is -0.454 e. The highest BCUT2D eigenvalue weighted by atomic mass is 16.7. The summed E-state index contributed by atoms with van der Waals surface area (Å²) in [6.45, 7) is 1.78. The van der Waals surface area contributed by atoms with Gasteiger partial charge >= 0.3 is 0 Å². The van der Waals surface area contributed by atoms with Crippen molar-refractivity contribution >= 4 is 0 Å². The normalized spacial score (nSPS) is 20.9. The molecule has 6 nitrogen and oxygen atoms in total. The molecule has 1 unspecified atom stereocenters. The van der Waals surface area contributed by atoms with Crippen LogP contribution < -0.4 is 9.47 Å². The fourth-order valence-electron chi connectivity index (χ4n) is 2.48. The van der Waals surface area contributed by atoms with Gasteiger partial charge in [0.25, 0.3) is 0 Å². The van der Waals surface area contributed by atoms with Crippen LogP contribution in [-0.2, 0) is 4.74 Å². The number of nitrogens with zero attached hydrogens (tertiary/aromatic N) is 3. The molecule has 2 aliphatic rings. The van der Waals surface area contributed by atoms with E-state index in [2.05, 4.69) is 10.1 Å². The van der Waals surface area contributed by atoms with Gasteiger partial charge in [-0.15, -0.1) is 0 Å². The van der Waals surface area contributed by atoms with Crippen LogP contribution in [-0.4, -0.2) is 34.8 Å². The van der Waals surface area contributed by atoms with E-state index >= 15 is 0 Å². The third-order valence-corrected chi connectivity index (χ3v) is 3.47. The quantitative estimate of drug-likeness (QED) is 0.818. The zero-order chi connectivity index (χ0) is 12.7. The molecule has 19 heavy (non-hydrogen) atoms. The van der Waals surface area contributed by atoms with E-state index in [9.17, 15) is 0 Å². The molecule has 0 amide bonds. The van der Waals surface area contributed by atoms with Crippen LogP contribution >= 0.6 is 0 Å². The van der Waals surface area contributed by atoms with E-state index in [0.29, 0.717) is 12.5 Å². The monoisotopic (exact) mass is 259 g/mol. The summed E-state index contributed by atoms with van der Waals surface area (Å²) in [7, 11) is 0. The second-order valence-electron chi connectivity index (χ2n) is 4.63. The van der Waals surface area contributed by atoms with Crippen molar-refractivity contribution < 1.29 is 14.2 Å². The van der Waals surface area contributed by atoms with Gasteiger partial charge < -0.3 is 14.2 Å². The van der Waals surface area contributed by atoms with Crippen molar-refractivity contribution in [2.75, 3.05) is 20.0 Å². The summed E-state index contributed by atoms with van der Waals surface area (Å²) in [4.78, 5) is 4.37. The molecule has 4 rings (SSSR count). The van der Waals surface area contributed by atoms with Crippen LogP contribution in [0.3, 0.4) is 0 Å². The first-order valence-electron chi connectivity index (χ1n) is 6.29. The van der Waals surface area contributed by atoms with Gasteiger partial charge in [-0.25, -0.2) is 9.67 Å². The number of benzene rings is 1. The zero-order valence-corrected chi connectivity index (χ0v) is 10.3. The molecule has 1 atom stereocenters. The van der Waals surface area contributed by atoms with Gasteiger partial charge in [0.15, 0.2) is 11.5 Å². The largest absolute Gasteiger partial charge is 0.454 e. The van der Waals surface area contributed by atoms with Crippen LogP contribution in [0.1, 0.15) is 18.2 Å². The summed E-state index contributed by atoms with van der Waals surface area (Å²) in [6.07, 6.45) is 2.57. The third-order valence-electron chi connectivity index (χ3n) is 3.47. The van der Waals surface area contributed by atoms with Gasteiger partial charge in [-0.05, 0) is 18.6 Å². The van der Waals surface area contributed by atoms with Crippen molar-refractivity contribution in [2.24, 2.45) is 0 Å². The molecule has 0 bridgehead atoms. The summed E-state index contributed by atoms with van der Waals surface area (Å²) in [5.41, 5.74) is 0.934. The molecule has 0 aliphatic carbocycles. The van der Waals surface area contributed by atoms with Gasteiger partial charge in [0.2, 0.25) is 6.79 Å². The Hall–Kier alpha value is -2.08. The maximum absolute atomic E-state index is 5.42. The summed E-state index contributed by atoms with van der Waals surface area (Å²) in [5.74, 6) is 2.78. The lowest BCUT2D eigenvalue weighted by Crippen LogP contribution is -2.09. The van der Waals surface area contributed by atoms with Gasteiger partial charge in [0.1, 0.15) is 12.2 Å². The minimum absolute atomic E-state index is 0.277. The number of hydrogen-bond donors (Lipinski definition) is 0. The number of hydrogen-bond acceptors (Lipinski definition) is 5. The lowest BCUT2D eigenvalue weighted by molar-refractivity contribution is 0.174. The second-order valence-corrected chi connectivity index (χ2v) is 4.63. The number of rotatable bonds is 2. The molecule has 98 valence electrons. The fraction of sp³-hybridized carbons (Fsp3) is 0.385. The Morgan fingerprint density at radius 3 is 3.05 bits per heavy atom. The summed E-state index contributed by atoms with van der Waals surface area (Å²) < 4.78 is 18.0. The van der Waals surface area contributed by atoms with Crippen LogP contribution in [0.4, 0.5) is 0 Å². The molecule has 1 fully saturated rings. The van der Waals surface area contributed by atoms with Crippen LogP contribution in [0.25, 0.3) is 5.69 Å². The average Bonchev–Trinajstić information content (AvgIpc) is 3.18. The molecule has 2 aliphatic heterocycles. The Kier molecular flexibility index (Phi) is 2.41.